The third-order valence-corrected chi connectivity index (χ3v) is 3.66. The van der Waals surface area contributed by atoms with E-state index in [9.17, 15) is 5.11 Å². The number of aromatic nitrogens is 2. The van der Waals surface area contributed by atoms with Crippen LogP contribution in [-0.4, -0.2) is 34.6 Å². The summed E-state index contributed by atoms with van der Waals surface area (Å²) in [5.41, 5.74) is 2.47. The molecule has 0 spiro atoms. The summed E-state index contributed by atoms with van der Waals surface area (Å²) >= 11 is 3.46. The average molecular weight is 298 g/mol. The Morgan fingerprint density at radius 1 is 1.47 bits per heavy atom. The highest BCUT2D eigenvalue weighted by Crippen LogP contribution is 2.33. The lowest BCUT2D eigenvalue weighted by Gasteiger charge is -2.25. The van der Waals surface area contributed by atoms with Crippen LogP contribution < -0.4 is 4.90 Å². The van der Waals surface area contributed by atoms with Crippen molar-refractivity contribution in [3.8, 4) is 0 Å². The molecule has 0 bridgehead atoms. The minimum Gasteiger partial charge on any atom is -0.394 e. The minimum atomic E-state index is 0.166. The third-order valence-electron chi connectivity index (χ3n) is 3.20. The molecule has 6 heteroatoms. The fourth-order valence-corrected chi connectivity index (χ4v) is 2.83. The summed E-state index contributed by atoms with van der Waals surface area (Å²) in [5.74, 6) is 0. The smallest absolute Gasteiger partial charge is 0.158 e. The molecular formula is C11H12BrN3O2. The Balaban J connectivity index is 2.12. The van der Waals surface area contributed by atoms with Gasteiger partial charge >= 0.3 is 0 Å². The fraction of sp³-hybridized carbons (Fsp3) is 0.455. The number of aliphatic hydroxyl groups is 1. The number of halogens is 1. The molecule has 1 aliphatic heterocycles. The molecule has 5 nitrogen and oxygen atoms in total. The number of hydrogen-bond donors (Lipinski definition) is 1. The van der Waals surface area contributed by atoms with Crippen molar-refractivity contribution in [1.82, 2.24) is 10.3 Å². The summed E-state index contributed by atoms with van der Waals surface area (Å²) in [5, 5.41) is 17.2. The Hall–Kier alpha value is -1.14. The Morgan fingerprint density at radius 2 is 2.35 bits per heavy atom. The van der Waals surface area contributed by atoms with Gasteiger partial charge in [0.1, 0.15) is 5.52 Å². The van der Waals surface area contributed by atoms with E-state index in [1.165, 1.54) is 0 Å². The average Bonchev–Trinajstić information content (AvgIpc) is 2.95. The quantitative estimate of drug-likeness (QED) is 0.918. The van der Waals surface area contributed by atoms with Gasteiger partial charge in [-0.1, -0.05) is 15.9 Å². The zero-order valence-corrected chi connectivity index (χ0v) is 10.7. The molecule has 0 aliphatic carbocycles. The lowest BCUT2D eigenvalue weighted by atomic mass is 10.2. The van der Waals surface area contributed by atoms with E-state index in [4.69, 9.17) is 4.63 Å². The van der Waals surface area contributed by atoms with Gasteiger partial charge in [0, 0.05) is 11.0 Å². The van der Waals surface area contributed by atoms with Crippen molar-refractivity contribution in [2.75, 3.05) is 18.1 Å². The zero-order valence-electron chi connectivity index (χ0n) is 9.14. The molecule has 1 aliphatic rings. The van der Waals surface area contributed by atoms with Crippen molar-refractivity contribution in [1.29, 1.82) is 0 Å². The first-order valence-electron chi connectivity index (χ1n) is 5.59. The maximum atomic E-state index is 9.38. The van der Waals surface area contributed by atoms with E-state index in [0.29, 0.717) is 0 Å². The summed E-state index contributed by atoms with van der Waals surface area (Å²) in [7, 11) is 0. The predicted octanol–water partition coefficient (Wildman–Crippen LogP) is 1.95. The van der Waals surface area contributed by atoms with E-state index in [2.05, 4.69) is 31.1 Å². The minimum absolute atomic E-state index is 0.166. The number of hydrogen-bond acceptors (Lipinski definition) is 5. The first-order chi connectivity index (χ1) is 8.29. The van der Waals surface area contributed by atoms with Crippen LogP contribution in [0.4, 0.5) is 5.69 Å². The van der Waals surface area contributed by atoms with Gasteiger partial charge in [0.05, 0.1) is 18.3 Å². The second kappa shape index (κ2) is 4.27. The molecule has 2 heterocycles. The molecule has 1 aromatic heterocycles. The number of benzene rings is 1. The van der Waals surface area contributed by atoms with E-state index in [-0.39, 0.29) is 12.6 Å². The lowest BCUT2D eigenvalue weighted by Crippen LogP contribution is -2.32. The molecule has 90 valence electrons. The normalized spacial score (nSPS) is 20.4. The molecule has 1 saturated heterocycles. The number of nitrogens with zero attached hydrogens (tertiary/aromatic N) is 3. The third kappa shape index (κ3) is 1.81. The molecule has 0 amide bonds. The lowest BCUT2D eigenvalue weighted by molar-refractivity contribution is 0.266. The SMILES string of the molecule is OC[C@@H]1CCCN1c1cc(Br)cc2nonc12. The van der Waals surface area contributed by atoms with E-state index < -0.39 is 0 Å². The topological polar surface area (TPSA) is 62.4 Å². The standard InChI is InChI=1S/C11H12BrN3O2/c12-7-4-9-11(14-17-13-9)10(5-7)15-3-1-2-8(15)6-16/h4-5,8,16H,1-3,6H2/t8-/m0/s1. The molecule has 0 radical (unpaired) electrons. The van der Waals surface area contributed by atoms with E-state index >= 15 is 0 Å². The van der Waals surface area contributed by atoms with Crippen molar-refractivity contribution >= 4 is 32.7 Å². The van der Waals surface area contributed by atoms with Crippen LogP contribution >= 0.6 is 15.9 Å². The van der Waals surface area contributed by atoms with Crippen molar-refractivity contribution in [2.45, 2.75) is 18.9 Å². The van der Waals surface area contributed by atoms with Gasteiger partial charge in [-0.15, -0.1) is 0 Å². The fourth-order valence-electron chi connectivity index (χ4n) is 2.40. The monoisotopic (exact) mass is 297 g/mol. The van der Waals surface area contributed by atoms with Gasteiger partial charge in [-0.2, -0.15) is 0 Å². The number of anilines is 1. The van der Waals surface area contributed by atoms with Gasteiger partial charge in [-0.25, -0.2) is 4.63 Å². The van der Waals surface area contributed by atoms with Gasteiger partial charge < -0.3 is 10.0 Å². The first-order valence-corrected chi connectivity index (χ1v) is 6.38. The Labute approximate surface area is 106 Å². The van der Waals surface area contributed by atoms with Crippen LogP contribution in [0.25, 0.3) is 11.0 Å². The van der Waals surface area contributed by atoms with Crippen molar-refractivity contribution in [3.05, 3.63) is 16.6 Å². The number of rotatable bonds is 2. The Kier molecular flexibility index (Phi) is 2.76. The van der Waals surface area contributed by atoms with Gasteiger partial charge in [-0.05, 0) is 35.3 Å². The molecule has 3 rings (SSSR count). The van der Waals surface area contributed by atoms with Gasteiger partial charge in [-0.3, -0.25) is 0 Å². The summed E-state index contributed by atoms with van der Waals surface area (Å²) in [6.07, 6.45) is 2.10. The van der Waals surface area contributed by atoms with Crippen molar-refractivity contribution < 1.29 is 9.74 Å². The molecule has 2 aromatic rings. The van der Waals surface area contributed by atoms with Gasteiger partial charge in [0.15, 0.2) is 5.52 Å². The highest BCUT2D eigenvalue weighted by atomic mass is 79.9. The van der Waals surface area contributed by atoms with Crippen LogP contribution in [0.15, 0.2) is 21.2 Å². The van der Waals surface area contributed by atoms with E-state index in [1.807, 2.05) is 12.1 Å². The molecular weight excluding hydrogens is 286 g/mol. The van der Waals surface area contributed by atoms with Crippen molar-refractivity contribution in [2.24, 2.45) is 0 Å². The Morgan fingerprint density at radius 3 is 3.18 bits per heavy atom. The van der Waals surface area contributed by atoms with Crippen LogP contribution in [0.3, 0.4) is 0 Å². The molecule has 0 saturated carbocycles. The number of aliphatic hydroxyl groups excluding tert-OH is 1. The second-order valence-electron chi connectivity index (χ2n) is 4.23. The summed E-state index contributed by atoms with van der Waals surface area (Å²) in [6, 6.07) is 4.05. The van der Waals surface area contributed by atoms with Gasteiger partial charge in [0.25, 0.3) is 0 Å². The predicted molar refractivity (Wildman–Crippen MR) is 67.0 cm³/mol. The highest BCUT2D eigenvalue weighted by molar-refractivity contribution is 9.10. The van der Waals surface area contributed by atoms with E-state index in [1.54, 1.807) is 0 Å². The van der Waals surface area contributed by atoms with Crippen LogP contribution in [-0.2, 0) is 0 Å². The van der Waals surface area contributed by atoms with E-state index in [0.717, 1.165) is 40.6 Å². The van der Waals surface area contributed by atoms with Crippen LogP contribution in [0.2, 0.25) is 0 Å². The molecule has 1 N–H and O–H groups in total. The molecule has 1 atom stereocenters. The molecule has 1 aromatic carbocycles. The molecule has 17 heavy (non-hydrogen) atoms. The van der Waals surface area contributed by atoms with Crippen LogP contribution in [0.1, 0.15) is 12.8 Å². The Bertz CT molecular complexity index is 542. The summed E-state index contributed by atoms with van der Waals surface area (Å²) in [6.45, 7) is 1.10. The zero-order chi connectivity index (χ0) is 11.8. The first kappa shape index (κ1) is 11.0. The van der Waals surface area contributed by atoms with Crippen LogP contribution in [0, 0.1) is 0 Å². The molecule has 0 unspecified atom stereocenters. The second-order valence-corrected chi connectivity index (χ2v) is 5.14. The highest BCUT2D eigenvalue weighted by Gasteiger charge is 2.26. The van der Waals surface area contributed by atoms with Gasteiger partial charge in [0.2, 0.25) is 0 Å². The largest absolute Gasteiger partial charge is 0.394 e. The maximum absolute atomic E-state index is 9.38. The summed E-state index contributed by atoms with van der Waals surface area (Å²) in [4.78, 5) is 2.18. The number of fused-ring (bicyclic) bond motifs is 1. The molecule has 1 fully saturated rings. The maximum Gasteiger partial charge on any atom is 0.158 e. The summed E-state index contributed by atoms with van der Waals surface area (Å²) < 4.78 is 5.72. The van der Waals surface area contributed by atoms with Crippen LogP contribution in [0.5, 0.6) is 0 Å². The van der Waals surface area contributed by atoms with Crippen molar-refractivity contribution in [3.63, 3.8) is 0 Å².